The van der Waals surface area contributed by atoms with E-state index < -0.39 is 23.6 Å². The highest BCUT2D eigenvalue weighted by Crippen LogP contribution is 2.29. The molecule has 0 heterocycles. The summed E-state index contributed by atoms with van der Waals surface area (Å²) in [5.74, 6) is 5.13. The van der Waals surface area contributed by atoms with E-state index in [0.29, 0.717) is 12.2 Å². The van der Waals surface area contributed by atoms with E-state index in [9.17, 15) is 22.8 Å². The van der Waals surface area contributed by atoms with Crippen LogP contribution in [-0.2, 0) is 33.6 Å². The number of hydrogen-bond acceptors (Lipinski definition) is 4. The smallest absolute Gasteiger partial charge is 0.416 e. The van der Waals surface area contributed by atoms with Crippen molar-refractivity contribution >= 4 is 11.9 Å². The molecule has 0 atom stereocenters. The summed E-state index contributed by atoms with van der Waals surface area (Å²) in [4.78, 5) is 26.1. The van der Waals surface area contributed by atoms with Crippen molar-refractivity contribution in [2.24, 2.45) is 0 Å². The van der Waals surface area contributed by atoms with Gasteiger partial charge in [-0.3, -0.25) is 4.79 Å². The Kier molecular flexibility index (Phi) is 11.2. The maximum absolute atomic E-state index is 12.9. The fourth-order valence-corrected chi connectivity index (χ4v) is 3.78. The van der Waals surface area contributed by atoms with Crippen LogP contribution in [0.25, 0.3) is 0 Å². The van der Waals surface area contributed by atoms with Crippen molar-refractivity contribution in [1.82, 2.24) is 4.90 Å². The van der Waals surface area contributed by atoms with Gasteiger partial charge in [0, 0.05) is 24.2 Å². The first-order valence-electron chi connectivity index (χ1n) is 13.2. The van der Waals surface area contributed by atoms with Crippen LogP contribution >= 0.6 is 0 Å². The molecule has 0 N–H and O–H groups in total. The number of esters is 1. The van der Waals surface area contributed by atoms with Crippen LogP contribution in [-0.4, -0.2) is 30.0 Å². The second-order valence-corrected chi connectivity index (χ2v) is 9.10. The molecule has 0 aliphatic rings. The first-order valence-corrected chi connectivity index (χ1v) is 13.2. The van der Waals surface area contributed by atoms with Gasteiger partial charge < -0.3 is 14.4 Å². The van der Waals surface area contributed by atoms with Crippen molar-refractivity contribution in [3.05, 3.63) is 101 Å². The summed E-state index contributed by atoms with van der Waals surface area (Å²) in [6.07, 6.45) is -1.15. The van der Waals surface area contributed by atoms with E-state index in [2.05, 4.69) is 18.8 Å². The summed E-state index contributed by atoms with van der Waals surface area (Å²) in [5.41, 5.74) is 1.98. The first-order chi connectivity index (χ1) is 19.2. The number of halogens is 3. The quantitative estimate of drug-likeness (QED) is 0.121. The molecule has 3 aromatic rings. The number of benzene rings is 3. The molecule has 210 valence electrons. The zero-order valence-electron chi connectivity index (χ0n) is 22.6. The van der Waals surface area contributed by atoms with Gasteiger partial charge in [0.25, 0.3) is 0 Å². The molecule has 0 saturated carbocycles. The van der Waals surface area contributed by atoms with E-state index in [1.54, 1.807) is 31.2 Å². The minimum atomic E-state index is -4.46. The highest BCUT2D eigenvalue weighted by atomic mass is 19.4. The summed E-state index contributed by atoms with van der Waals surface area (Å²) < 4.78 is 49.3. The number of alkyl halides is 3. The molecule has 40 heavy (non-hydrogen) atoms. The minimum absolute atomic E-state index is 0.0285. The zero-order valence-corrected chi connectivity index (χ0v) is 22.6. The van der Waals surface area contributed by atoms with E-state index in [0.717, 1.165) is 53.8 Å². The monoisotopic (exact) mass is 551 g/mol. The van der Waals surface area contributed by atoms with Gasteiger partial charge in [0.1, 0.15) is 5.75 Å². The van der Waals surface area contributed by atoms with Gasteiger partial charge in [-0.05, 0) is 73.0 Å². The summed E-state index contributed by atoms with van der Waals surface area (Å²) in [6.45, 7) is 4.46. The molecule has 0 aliphatic heterocycles. The largest absolute Gasteiger partial charge is 0.494 e. The van der Waals surface area contributed by atoms with Crippen LogP contribution in [0.1, 0.15) is 60.9 Å². The Morgan fingerprint density at radius 1 is 0.775 bits per heavy atom. The molecular weight excluding hydrogens is 519 g/mol. The second kappa shape index (κ2) is 14.8. The van der Waals surface area contributed by atoms with Crippen molar-refractivity contribution < 1.29 is 32.2 Å². The van der Waals surface area contributed by atoms with Gasteiger partial charge in [0.2, 0.25) is 0 Å². The number of rotatable bonds is 10. The highest BCUT2D eigenvalue weighted by Gasteiger charge is 2.30. The third kappa shape index (κ3) is 9.49. The summed E-state index contributed by atoms with van der Waals surface area (Å²) in [7, 11) is 0. The Morgan fingerprint density at radius 2 is 1.30 bits per heavy atom. The lowest BCUT2D eigenvalue weighted by molar-refractivity contribution is -0.160. The number of carbonyl (C=O) groups excluding carboxylic acids is 2. The molecule has 0 aliphatic carbocycles. The Labute approximate surface area is 232 Å². The summed E-state index contributed by atoms with van der Waals surface area (Å²) in [6, 6.07) is 19.2. The van der Waals surface area contributed by atoms with Gasteiger partial charge in [0.15, 0.2) is 0 Å². The summed E-state index contributed by atoms with van der Waals surface area (Å²) in [5, 5.41) is 0. The fourth-order valence-electron chi connectivity index (χ4n) is 3.78. The molecule has 3 aromatic carbocycles. The minimum Gasteiger partial charge on any atom is -0.494 e. The molecule has 3 rings (SSSR count). The van der Waals surface area contributed by atoms with Crippen molar-refractivity contribution in [2.75, 3.05) is 13.2 Å². The fraction of sp³-hybridized carbons (Fsp3) is 0.312. The number of nitrogens with zero attached hydrogens (tertiary/aromatic N) is 1. The van der Waals surface area contributed by atoms with Gasteiger partial charge >= 0.3 is 18.1 Å². The lowest BCUT2D eigenvalue weighted by Crippen LogP contribution is -2.36. The molecular formula is C32H32F3NO4. The number of amides is 1. The van der Waals surface area contributed by atoms with Gasteiger partial charge in [-0.1, -0.05) is 55.9 Å². The highest BCUT2D eigenvalue weighted by molar-refractivity contribution is 6.32. The molecule has 0 fully saturated rings. The van der Waals surface area contributed by atoms with Crippen LogP contribution in [0, 0.1) is 11.8 Å². The Hall–Kier alpha value is -4.25. The Morgan fingerprint density at radius 3 is 1.80 bits per heavy atom. The third-order valence-corrected chi connectivity index (χ3v) is 5.94. The van der Waals surface area contributed by atoms with Gasteiger partial charge in [-0.25, -0.2) is 4.79 Å². The second-order valence-electron chi connectivity index (χ2n) is 9.10. The van der Waals surface area contributed by atoms with Crippen LogP contribution in [0.3, 0.4) is 0 Å². The molecule has 0 spiro atoms. The molecule has 0 bridgehead atoms. The molecule has 1 amide bonds. The van der Waals surface area contributed by atoms with Crippen LogP contribution in [0.15, 0.2) is 72.8 Å². The normalized spacial score (nSPS) is 10.8. The topological polar surface area (TPSA) is 55.8 Å². The number of unbranched alkanes of at least 4 members (excludes halogenated alkanes) is 2. The number of hydrogen-bond donors (Lipinski definition) is 0. The van der Waals surface area contributed by atoms with Gasteiger partial charge in [-0.2, -0.15) is 13.2 Å². The van der Waals surface area contributed by atoms with Crippen LogP contribution < -0.4 is 4.74 Å². The van der Waals surface area contributed by atoms with Gasteiger partial charge in [-0.15, -0.1) is 0 Å². The van der Waals surface area contributed by atoms with Crippen molar-refractivity contribution in [1.29, 1.82) is 0 Å². The average molecular weight is 552 g/mol. The predicted molar refractivity (Wildman–Crippen MR) is 146 cm³/mol. The molecule has 0 unspecified atom stereocenters. The van der Waals surface area contributed by atoms with Crippen molar-refractivity contribution in [2.45, 2.75) is 52.4 Å². The lowest BCUT2D eigenvalue weighted by Gasteiger charge is -2.22. The number of carbonyl (C=O) groups is 2. The molecule has 0 saturated heterocycles. The van der Waals surface area contributed by atoms with Crippen molar-refractivity contribution in [3.63, 3.8) is 0 Å². The maximum Gasteiger partial charge on any atom is 0.416 e. The lowest BCUT2D eigenvalue weighted by atomic mass is 10.1. The van der Waals surface area contributed by atoms with Crippen LogP contribution in [0.4, 0.5) is 13.2 Å². The average Bonchev–Trinajstić information content (AvgIpc) is 2.95. The van der Waals surface area contributed by atoms with E-state index in [-0.39, 0.29) is 19.7 Å². The maximum atomic E-state index is 12.9. The van der Waals surface area contributed by atoms with E-state index in [1.165, 1.54) is 17.0 Å². The molecule has 0 radical (unpaired) electrons. The molecule has 0 aromatic heterocycles. The van der Waals surface area contributed by atoms with Crippen LogP contribution in [0.2, 0.25) is 0 Å². The third-order valence-electron chi connectivity index (χ3n) is 5.94. The number of ether oxygens (including phenoxy) is 2. The van der Waals surface area contributed by atoms with E-state index in [4.69, 9.17) is 9.47 Å². The Balaban J connectivity index is 1.67. The SMILES string of the molecule is CCCCCOc1ccc(C#Cc2ccc(CN(Cc3ccc(C(F)(F)F)cc3)C(=O)C(=O)OCC)cc2)cc1. The van der Waals surface area contributed by atoms with Crippen LogP contribution in [0.5, 0.6) is 5.75 Å². The molecule has 8 heteroatoms. The molecule has 5 nitrogen and oxygen atoms in total. The van der Waals surface area contributed by atoms with Gasteiger partial charge in [0.05, 0.1) is 18.8 Å². The first kappa shape index (κ1) is 30.3. The standard InChI is InChI=1S/C32H32F3NO4/c1-3-5-6-21-40-29-19-15-25(16-20-29)8-7-24-9-11-26(12-10-24)22-36(30(37)31(38)39-4-2)23-27-13-17-28(18-14-27)32(33,34)35/h9-20H,3-6,21-23H2,1-2H3. The van der Waals surface area contributed by atoms with Crippen molar-refractivity contribution in [3.8, 4) is 17.6 Å². The van der Waals surface area contributed by atoms with E-state index in [1.807, 2.05) is 24.3 Å². The summed E-state index contributed by atoms with van der Waals surface area (Å²) >= 11 is 0. The predicted octanol–water partition coefficient (Wildman–Crippen LogP) is 6.77. The zero-order chi connectivity index (χ0) is 29.0. The Bertz CT molecular complexity index is 1310. The van der Waals surface area contributed by atoms with E-state index >= 15 is 0 Å².